The van der Waals surface area contributed by atoms with Gasteiger partial charge in [-0.2, -0.15) is 0 Å². The Morgan fingerprint density at radius 3 is 2.81 bits per heavy atom. The number of fused-ring (bicyclic) bond motifs is 1. The normalized spacial score (nSPS) is 13.3. The van der Waals surface area contributed by atoms with Crippen LogP contribution in [0.2, 0.25) is 0 Å². The van der Waals surface area contributed by atoms with Gasteiger partial charge < -0.3 is 20.3 Å². The van der Waals surface area contributed by atoms with Crippen molar-refractivity contribution in [3.05, 3.63) is 41.2 Å². The quantitative estimate of drug-likeness (QED) is 0.675. The molecule has 0 radical (unpaired) electrons. The molecule has 8 heteroatoms. The molecule has 0 aliphatic heterocycles. The third kappa shape index (κ3) is 3.17. The van der Waals surface area contributed by atoms with E-state index in [-0.39, 0.29) is 18.3 Å². The second-order valence-electron chi connectivity index (χ2n) is 6.22. The van der Waals surface area contributed by atoms with Crippen LogP contribution in [0, 0.1) is 6.92 Å². The molecule has 0 saturated heterocycles. The Bertz CT molecular complexity index is 982. The number of nitrogens with one attached hydrogen (secondary N) is 1. The lowest BCUT2D eigenvalue weighted by atomic mass is 10.1. The first kappa shape index (κ1) is 18.0. The van der Waals surface area contributed by atoms with Gasteiger partial charge in [-0.05, 0) is 38.0 Å². The molecule has 2 aromatic heterocycles. The molecule has 1 aliphatic carbocycles. The number of benzene rings is 1. The molecular formula is C18H19ClN4O3. The Morgan fingerprint density at radius 2 is 2.12 bits per heavy atom. The lowest BCUT2D eigenvalue weighted by Gasteiger charge is -2.11. The van der Waals surface area contributed by atoms with Crippen LogP contribution in [-0.4, -0.2) is 23.2 Å². The van der Waals surface area contributed by atoms with Crippen LogP contribution in [0.15, 0.2) is 28.8 Å². The van der Waals surface area contributed by atoms with Crippen molar-refractivity contribution in [1.82, 2.24) is 10.1 Å². The molecule has 1 amide bonds. The molecule has 1 aliphatic rings. The lowest BCUT2D eigenvalue weighted by Crippen LogP contribution is -2.14. The number of nitrogens with two attached hydrogens (primary N) is 1. The SMILES string of the molecule is COc1ccc(N)c(NC(=O)c2cc(C3CC3)nc3onc(C)c23)c1.Cl. The summed E-state index contributed by atoms with van der Waals surface area (Å²) in [4.78, 5) is 17.4. The molecule has 0 atom stereocenters. The maximum atomic E-state index is 12.9. The van der Waals surface area contributed by atoms with E-state index in [9.17, 15) is 4.79 Å². The number of nitrogens with zero attached hydrogens (tertiary/aromatic N) is 2. The molecule has 2 heterocycles. The number of amides is 1. The molecule has 1 aromatic carbocycles. The number of carbonyl (C=O) groups is 1. The van der Waals surface area contributed by atoms with Crippen LogP contribution < -0.4 is 15.8 Å². The first-order valence-electron chi connectivity index (χ1n) is 8.08. The van der Waals surface area contributed by atoms with Crippen LogP contribution in [0.4, 0.5) is 11.4 Å². The summed E-state index contributed by atoms with van der Waals surface area (Å²) >= 11 is 0. The number of pyridine rings is 1. The van der Waals surface area contributed by atoms with Crippen LogP contribution in [0.3, 0.4) is 0 Å². The smallest absolute Gasteiger partial charge is 0.259 e. The van der Waals surface area contributed by atoms with Gasteiger partial charge in [0.2, 0.25) is 0 Å². The summed E-state index contributed by atoms with van der Waals surface area (Å²) < 4.78 is 10.5. The van der Waals surface area contributed by atoms with Crippen molar-refractivity contribution < 1.29 is 14.1 Å². The molecule has 0 unspecified atom stereocenters. The van der Waals surface area contributed by atoms with E-state index in [0.717, 1.165) is 18.5 Å². The fourth-order valence-corrected chi connectivity index (χ4v) is 2.84. The number of anilines is 2. The predicted molar refractivity (Wildman–Crippen MR) is 101 cm³/mol. The zero-order valence-corrected chi connectivity index (χ0v) is 15.2. The highest BCUT2D eigenvalue weighted by Gasteiger charge is 2.28. The maximum absolute atomic E-state index is 12.9. The summed E-state index contributed by atoms with van der Waals surface area (Å²) in [6.45, 7) is 1.79. The minimum absolute atomic E-state index is 0. The largest absolute Gasteiger partial charge is 0.497 e. The minimum Gasteiger partial charge on any atom is -0.497 e. The third-order valence-corrected chi connectivity index (χ3v) is 4.39. The number of hydrogen-bond acceptors (Lipinski definition) is 6. The van der Waals surface area contributed by atoms with Crippen LogP contribution in [0.1, 0.15) is 40.5 Å². The summed E-state index contributed by atoms with van der Waals surface area (Å²) in [6, 6.07) is 6.95. The number of halogens is 1. The molecule has 136 valence electrons. The van der Waals surface area contributed by atoms with Crippen molar-refractivity contribution in [2.24, 2.45) is 0 Å². The Balaban J connectivity index is 0.00000196. The molecule has 1 fully saturated rings. The number of nitrogen functional groups attached to an aromatic ring is 1. The van der Waals surface area contributed by atoms with E-state index in [2.05, 4.69) is 15.5 Å². The standard InChI is InChI=1S/C18H18N4O3.ClH/c1-9-16-12(8-14(10-3-4-10)21-18(16)25-22-9)17(23)20-15-7-11(24-2)5-6-13(15)19;/h5-8,10H,3-4,19H2,1-2H3,(H,20,23);1H. The first-order chi connectivity index (χ1) is 12.1. The van der Waals surface area contributed by atoms with Gasteiger partial charge in [0.1, 0.15) is 5.75 Å². The zero-order valence-electron chi connectivity index (χ0n) is 14.4. The van der Waals surface area contributed by atoms with Crippen LogP contribution in [-0.2, 0) is 0 Å². The Morgan fingerprint density at radius 1 is 1.35 bits per heavy atom. The van der Waals surface area contributed by atoms with Gasteiger partial charge in [-0.1, -0.05) is 5.16 Å². The fraction of sp³-hybridized carbons (Fsp3) is 0.278. The molecule has 0 bridgehead atoms. The van der Waals surface area contributed by atoms with Crippen LogP contribution in [0.5, 0.6) is 5.75 Å². The van der Waals surface area contributed by atoms with Gasteiger partial charge >= 0.3 is 0 Å². The third-order valence-electron chi connectivity index (χ3n) is 4.39. The van der Waals surface area contributed by atoms with E-state index < -0.39 is 0 Å². The molecule has 1 saturated carbocycles. The van der Waals surface area contributed by atoms with E-state index >= 15 is 0 Å². The van der Waals surface area contributed by atoms with Gasteiger partial charge in [-0.25, -0.2) is 4.98 Å². The Hall–Kier alpha value is -2.80. The molecular weight excluding hydrogens is 356 g/mol. The van der Waals surface area contributed by atoms with E-state index in [1.807, 2.05) is 6.07 Å². The average molecular weight is 375 g/mol. The summed E-state index contributed by atoms with van der Waals surface area (Å²) in [5.41, 5.74) is 9.31. The number of ether oxygens (including phenoxy) is 1. The van der Waals surface area contributed by atoms with Crippen molar-refractivity contribution in [3.8, 4) is 5.75 Å². The maximum Gasteiger partial charge on any atom is 0.259 e. The molecule has 3 aromatic rings. The summed E-state index contributed by atoms with van der Waals surface area (Å²) in [7, 11) is 1.56. The van der Waals surface area contributed by atoms with Crippen LogP contribution >= 0.6 is 12.4 Å². The van der Waals surface area contributed by atoms with E-state index in [4.69, 9.17) is 15.0 Å². The van der Waals surface area contributed by atoms with Gasteiger partial charge in [0.05, 0.1) is 35.1 Å². The van der Waals surface area contributed by atoms with Crippen molar-refractivity contribution in [2.45, 2.75) is 25.7 Å². The second kappa shape index (κ2) is 6.84. The number of aryl methyl sites for hydroxylation is 1. The lowest BCUT2D eigenvalue weighted by molar-refractivity contribution is 0.102. The van der Waals surface area contributed by atoms with Crippen molar-refractivity contribution in [2.75, 3.05) is 18.2 Å². The molecule has 7 nitrogen and oxygen atoms in total. The van der Waals surface area contributed by atoms with Gasteiger partial charge in [0.25, 0.3) is 11.6 Å². The Labute approximate surface area is 156 Å². The summed E-state index contributed by atoms with van der Waals surface area (Å²) in [5.74, 6) is 0.730. The number of carbonyl (C=O) groups excluding carboxylic acids is 1. The first-order valence-corrected chi connectivity index (χ1v) is 8.08. The van der Waals surface area contributed by atoms with Crippen LogP contribution in [0.25, 0.3) is 11.1 Å². The highest BCUT2D eigenvalue weighted by Crippen LogP contribution is 2.40. The minimum atomic E-state index is -0.277. The monoisotopic (exact) mass is 374 g/mol. The molecule has 26 heavy (non-hydrogen) atoms. The molecule has 3 N–H and O–H groups in total. The molecule has 4 rings (SSSR count). The van der Waals surface area contributed by atoms with Gasteiger partial charge in [-0.3, -0.25) is 4.79 Å². The number of aromatic nitrogens is 2. The number of methoxy groups -OCH3 is 1. The number of rotatable bonds is 4. The topological polar surface area (TPSA) is 103 Å². The Kier molecular flexibility index (Phi) is 4.73. The molecule has 0 spiro atoms. The van der Waals surface area contributed by atoms with Crippen molar-refractivity contribution in [3.63, 3.8) is 0 Å². The predicted octanol–water partition coefficient (Wildman–Crippen LogP) is 3.67. The zero-order chi connectivity index (χ0) is 17.6. The highest BCUT2D eigenvalue weighted by molar-refractivity contribution is 6.13. The summed E-state index contributed by atoms with van der Waals surface area (Å²) in [6.07, 6.45) is 2.16. The van der Waals surface area contributed by atoms with E-state index in [1.54, 1.807) is 32.2 Å². The number of hydrogen-bond donors (Lipinski definition) is 2. The van der Waals surface area contributed by atoms with Gasteiger partial charge in [-0.15, -0.1) is 12.4 Å². The van der Waals surface area contributed by atoms with Crippen molar-refractivity contribution in [1.29, 1.82) is 0 Å². The van der Waals surface area contributed by atoms with E-state index in [1.165, 1.54) is 0 Å². The highest BCUT2D eigenvalue weighted by atomic mass is 35.5. The van der Waals surface area contributed by atoms with Gasteiger partial charge in [0.15, 0.2) is 0 Å². The van der Waals surface area contributed by atoms with Crippen molar-refractivity contribution >= 4 is 40.8 Å². The summed E-state index contributed by atoms with van der Waals surface area (Å²) in [5, 5.41) is 7.43. The van der Waals surface area contributed by atoms with Gasteiger partial charge in [0, 0.05) is 17.7 Å². The average Bonchev–Trinajstić information content (AvgIpc) is 3.40. The second-order valence-corrected chi connectivity index (χ2v) is 6.22. The van der Waals surface area contributed by atoms with E-state index in [0.29, 0.717) is 45.4 Å². The fourth-order valence-electron chi connectivity index (χ4n) is 2.84.